The smallest absolute Gasteiger partial charge is 0.503 e. The van der Waals surface area contributed by atoms with E-state index in [4.69, 9.17) is 15.0 Å². The molecule has 0 bridgehead atoms. The Morgan fingerprint density at radius 3 is 2.26 bits per heavy atom. The maximum absolute atomic E-state index is 9.87. The number of aryl methyl sites for hydroxylation is 1. The van der Waals surface area contributed by atoms with E-state index in [-0.39, 0.29) is 5.41 Å². The molecule has 0 amide bonds. The molecule has 0 aliphatic carbocycles. The summed E-state index contributed by atoms with van der Waals surface area (Å²) >= 11 is 0. The third-order valence-corrected chi connectivity index (χ3v) is 3.04. The number of carbonyl (C=O) groups is 1. The fourth-order valence-electron chi connectivity index (χ4n) is 1.95. The summed E-state index contributed by atoms with van der Waals surface area (Å²) < 4.78 is 0. The number of phenolic OH excluding ortho intramolecular Hbond substituents is 1. The van der Waals surface area contributed by atoms with Crippen LogP contribution in [0.15, 0.2) is 18.2 Å². The van der Waals surface area contributed by atoms with Crippen LogP contribution in [0.3, 0.4) is 0 Å². The molecule has 0 atom stereocenters. The van der Waals surface area contributed by atoms with Gasteiger partial charge in [-0.1, -0.05) is 51.3 Å². The summed E-state index contributed by atoms with van der Waals surface area (Å²) in [5.74, 6) is 0.432. The van der Waals surface area contributed by atoms with Crippen molar-refractivity contribution in [3.8, 4) is 5.75 Å². The standard InChI is InChI=1S/C14H22O.CH2O3/c1-5-6-9-14(3,4)12-10-11(2)7-8-13(12)15;2-1(3)4/h7-8,10,15H,5-6,9H2,1-4H3;(H2,2,3,4). The van der Waals surface area contributed by atoms with Crippen molar-refractivity contribution in [1.82, 2.24) is 0 Å². The van der Waals surface area contributed by atoms with Crippen LogP contribution in [0, 0.1) is 6.92 Å². The van der Waals surface area contributed by atoms with E-state index in [0.717, 1.165) is 12.0 Å². The van der Waals surface area contributed by atoms with Gasteiger partial charge in [0, 0.05) is 0 Å². The summed E-state index contributed by atoms with van der Waals surface area (Å²) in [5.41, 5.74) is 2.37. The normalized spacial score (nSPS) is 10.5. The van der Waals surface area contributed by atoms with Crippen LogP contribution < -0.4 is 0 Å². The molecule has 4 heteroatoms. The Morgan fingerprint density at radius 1 is 1.26 bits per heavy atom. The predicted molar refractivity (Wildman–Crippen MR) is 76.0 cm³/mol. The quantitative estimate of drug-likeness (QED) is 0.756. The first-order valence-electron chi connectivity index (χ1n) is 6.42. The molecule has 0 aliphatic rings. The molecule has 0 saturated carbocycles. The predicted octanol–water partition coefficient (Wildman–Crippen LogP) is 4.39. The second-order valence-corrected chi connectivity index (χ2v) is 5.29. The number of rotatable bonds is 4. The molecule has 0 heterocycles. The first-order chi connectivity index (χ1) is 8.70. The summed E-state index contributed by atoms with van der Waals surface area (Å²) in [7, 11) is 0. The molecule has 1 aromatic rings. The molecule has 0 saturated heterocycles. The molecule has 108 valence electrons. The lowest BCUT2D eigenvalue weighted by atomic mass is 9.79. The number of phenols is 1. The lowest BCUT2D eigenvalue weighted by Gasteiger charge is -2.26. The summed E-state index contributed by atoms with van der Waals surface area (Å²) in [6.07, 6.45) is 1.71. The average molecular weight is 268 g/mol. The third kappa shape index (κ3) is 6.70. The topological polar surface area (TPSA) is 77.8 Å². The molecular weight excluding hydrogens is 244 g/mol. The van der Waals surface area contributed by atoms with Gasteiger partial charge in [-0.25, -0.2) is 4.79 Å². The number of hydrogen-bond acceptors (Lipinski definition) is 2. The Bertz CT molecular complexity index is 407. The van der Waals surface area contributed by atoms with Gasteiger partial charge in [0.25, 0.3) is 0 Å². The van der Waals surface area contributed by atoms with Crippen LogP contribution in [0.5, 0.6) is 5.75 Å². The average Bonchev–Trinajstić information content (AvgIpc) is 2.29. The Kier molecular flexibility index (Phi) is 6.98. The molecule has 0 radical (unpaired) electrons. The van der Waals surface area contributed by atoms with E-state index < -0.39 is 6.16 Å². The molecule has 1 rings (SSSR count). The maximum atomic E-state index is 9.87. The number of unbranched alkanes of at least 4 members (excludes halogenated alkanes) is 1. The number of carboxylic acid groups (broad SMARTS) is 2. The second kappa shape index (κ2) is 7.67. The fraction of sp³-hybridized carbons (Fsp3) is 0.533. The van der Waals surface area contributed by atoms with Gasteiger partial charge in [0.1, 0.15) is 5.75 Å². The van der Waals surface area contributed by atoms with Crippen LogP contribution in [0.2, 0.25) is 0 Å². The summed E-state index contributed by atoms with van der Waals surface area (Å²) in [4.78, 5) is 8.56. The van der Waals surface area contributed by atoms with E-state index in [2.05, 4.69) is 33.8 Å². The lowest BCUT2D eigenvalue weighted by molar-refractivity contribution is 0.137. The monoisotopic (exact) mass is 268 g/mol. The van der Waals surface area contributed by atoms with Gasteiger partial charge in [-0.15, -0.1) is 0 Å². The molecule has 0 fully saturated rings. The van der Waals surface area contributed by atoms with Gasteiger partial charge in [-0.2, -0.15) is 0 Å². The van der Waals surface area contributed by atoms with Crippen LogP contribution in [0.25, 0.3) is 0 Å². The third-order valence-electron chi connectivity index (χ3n) is 3.04. The van der Waals surface area contributed by atoms with Crippen LogP contribution >= 0.6 is 0 Å². The van der Waals surface area contributed by atoms with E-state index >= 15 is 0 Å². The Morgan fingerprint density at radius 2 is 1.79 bits per heavy atom. The largest absolute Gasteiger partial charge is 0.508 e. The van der Waals surface area contributed by atoms with E-state index in [9.17, 15) is 5.11 Å². The minimum absolute atomic E-state index is 0.0755. The van der Waals surface area contributed by atoms with Gasteiger partial charge in [-0.3, -0.25) is 0 Å². The van der Waals surface area contributed by atoms with Crippen LogP contribution in [0.1, 0.15) is 51.2 Å². The van der Waals surface area contributed by atoms with E-state index in [1.807, 2.05) is 6.07 Å². The lowest BCUT2D eigenvalue weighted by Crippen LogP contribution is -2.17. The van der Waals surface area contributed by atoms with E-state index in [1.165, 1.54) is 18.4 Å². The zero-order chi connectivity index (χ0) is 15.1. The van der Waals surface area contributed by atoms with Crippen LogP contribution in [-0.2, 0) is 5.41 Å². The van der Waals surface area contributed by atoms with Crippen molar-refractivity contribution < 1.29 is 20.1 Å². The van der Waals surface area contributed by atoms with Gasteiger partial charge in [0.15, 0.2) is 0 Å². The summed E-state index contributed by atoms with van der Waals surface area (Å²) in [6, 6.07) is 5.86. The van der Waals surface area contributed by atoms with Crippen molar-refractivity contribution in [2.75, 3.05) is 0 Å². The zero-order valence-corrected chi connectivity index (χ0v) is 12.1. The molecule has 0 unspecified atom stereocenters. The van der Waals surface area contributed by atoms with E-state index in [1.54, 1.807) is 6.07 Å². The SMILES string of the molecule is CCCCC(C)(C)c1cc(C)ccc1O.O=C(O)O. The zero-order valence-electron chi connectivity index (χ0n) is 12.1. The summed E-state index contributed by atoms with van der Waals surface area (Å²) in [6.45, 7) is 8.68. The molecule has 1 aromatic carbocycles. The molecule has 0 aromatic heterocycles. The minimum atomic E-state index is -1.83. The van der Waals surface area contributed by atoms with E-state index in [0.29, 0.717) is 5.75 Å². The molecule has 0 spiro atoms. The fourth-order valence-corrected chi connectivity index (χ4v) is 1.95. The van der Waals surface area contributed by atoms with Gasteiger partial charge >= 0.3 is 6.16 Å². The highest BCUT2D eigenvalue weighted by Gasteiger charge is 2.23. The molecule has 4 nitrogen and oxygen atoms in total. The second-order valence-electron chi connectivity index (χ2n) is 5.29. The Balaban J connectivity index is 0.000000711. The highest BCUT2D eigenvalue weighted by atomic mass is 16.6. The molecular formula is C15H24O4. The molecule has 19 heavy (non-hydrogen) atoms. The molecule has 0 aliphatic heterocycles. The van der Waals surface area contributed by atoms with Crippen molar-refractivity contribution >= 4 is 6.16 Å². The molecule has 3 N–H and O–H groups in total. The van der Waals surface area contributed by atoms with Crippen molar-refractivity contribution in [2.24, 2.45) is 0 Å². The maximum Gasteiger partial charge on any atom is 0.503 e. The highest BCUT2D eigenvalue weighted by Crippen LogP contribution is 2.35. The van der Waals surface area contributed by atoms with Crippen molar-refractivity contribution in [2.45, 2.75) is 52.4 Å². The van der Waals surface area contributed by atoms with Crippen LogP contribution in [-0.4, -0.2) is 21.5 Å². The summed E-state index contributed by atoms with van der Waals surface area (Å²) in [5, 5.41) is 23.8. The number of hydrogen-bond donors (Lipinski definition) is 3. The van der Waals surface area contributed by atoms with Gasteiger partial charge in [0.05, 0.1) is 0 Å². The minimum Gasteiger partial charge on any atom is -0.508 e. The van der Waals surface area contributed by atoms with Crippen molar-refractivity contribution in [1.29, 1.82) is 0 Å². The number of benzene rings is 1. The Hall–Kier alpha value is -1.71. The first-order valence-corrected chi connectivity index (χ1v) is 6.42. The van der Waals surface area contributed by atoms with Gasteiger partial charge < -0.3 is 15.3 Å². The first kappa shape index (κ1) is 17.3. The van der Waals surface area contributed by atoms with Crippen molar-refractivity contribution in [3.05, 3.63) is 29.3 Å². The Labute approximate surface area is 114 Å². The highest BCUT2D eigenvalue weighted by molar-refractivity contribution is 5.53. The van der Waals surface area contributed by atoms with Gasteiger partial charge in [-0.05, 0) is 30.4 Å². The number of aromatic hydroxyl groups is 1. The van der Waals surface area contributed by atoms with Crippen molar-refractivity contribution in [3.63, 3.8) is 0 Å². The van der Waals surface area contributed by atoms with Crippen LogP contribution in [0.4, 0.5) is 4.79 Å². The van der Waals surface area contributed by atoms with Gasteiger partial charge in [0.2, 0.25) is 0 Å².